The molecule has 0 aromatic heterocycles. The van der Waals surface area contributed by atoms with Gasteiger partial charge in [0.05, 0.1) is 5.56 Å². The Bertz CT molecular complexity index is 944. The SMILES string of the molecule is Cc1cc(OC(=O)c2c(C)cc(C3CCC(C)CC3)c(C)c2C)c(C)c(C)c1C. The zero-order valence-corrected chi connectivity index (χ0v) is 19.5. The van der Waals surface area contributed by atoms with Crippen molar-refractivity contribution in [3.05, 3.63) is 62.2 Å². The summed E-state index contributed by atoms with van der Waals surface area (Å²) in [5.74, 6) is 1.90. The molecule has 0 bridgehead atoms. The van der Waals surface area contributed by atoms with Gasteiger partial charge in [-0.15, -0.1) is 0 Å². The number of hydrogen-bond acceptors (Lipinski definition) is 2. The average molecular weight is 393 g/mol. The van der Waals surface area contributed by atoms with Gasteiger partial charge in [0, 0.05) is 0 Å². The quantitative estimate of drug-likeness (QED) is 0.403. The molecule has 1 aliphatic rings. The zero-order chi connectivity index (χ0) is 21.5. The average Bonchev–Trinajstić information content (AvgIpc) is 2.68. The molecule has 0 heterocycles. The second-order valence-corrected chi connectivity index (χ2v) is 9.32. The van der Waals surface area contributed by atoms with E-state index >= 15 is 0 Å². The van der Waals surface area contributed by atoms with Crippen LogP contribution in [0.1, 0.15) is 93.4 Å². The number of esters is 1. The van der Waals surface area contributed by atoms with Crippen LogP contribution < -0.4 is 4.74 Å². The Labute approximate surface area is 176 Å². The Morgan fingerprint density at radius 2 is 1.38 bits per heavy atom. The summed E-state index contributed by atoms with van der Waals surface area (Å²) >= 11 is 0. The van der Waals surface area contributed by atoms with E-state index in [0.717, 1.165) is 33.7 Å². The summed E-state index contributed by atoms with van der Waals surface area (Å²) in [4.78, 5) is 13.2. The van der Waals surface area contributed by atoms with Crippen molar-refractivity contribution in [2.45, 2.75) is 87.0 Å². The molecule has 0 atom stereocenters. The van der Waals surface area contributed by atoms with Crippen molar-refractivity contribution in [2.24, 2.45) is 5.92 Å². The van der Waals surface area contributed by atoms with Crippen molar-refractivity contribution >= 4 is 5.97 Å². The fourth-order valence-corrected chi connectivity index (χ4v) is 4.85. The molecule has 0 saturated heterocycles. The molecule has 0 amide bonds. The number of ether oxygens (including phenoxy) is 1. The van der Waals surface area contributed by atoms with Crippen molar-refractivity contribution < 1.29 is 9.53 Å². The molecule has 1 aliphatic carbocycles. The van der Waals surface area contributed by atoms with Crippen LogP contribution in [0.4, 0.5) is 0 Å². The normalized spacial score (nSPS) is 19.3. The smallest absolute Gasteiger partial charge is 0.344 e. The van der Waals surface area contributed by atoms with Gasteiger partial charge in [-0.2, -0.15) is 0 Å². The highest BCUT2D eigenvalue weighted by Gasteiger charge is 2.25. The maximum atomic E-state index is 13.2. The topological polar surface area (TPSA) is 26.3 Å². The molecular formula is C27H36O2. The van der Waals surface area contributed by atoms with Crippen LogP contribution in [0.25, 0.3) is 0 Å². The first-order valence-corrected chi connectivity index (χ1v) is 11.0. The molecule has 1 fully saturated rings. The summed E-state index contributed by atoms with van der Waals surface area (Å²) in [6.45, 7) is 17.0. The van der Waals surface area contributed by atoms with Crippen molar-refractivity contribution in [3.63, 3.8) is 0 Å². The second-order valence-electron chi connectivity index (χ2n) is 9.32. The predicted octanol–water partition coefficient (Wildman–Crippen LogP) is 7.36. The maximum absolute atomic E-state index is 13.2. The second kappa shape index (κ2) is 8.34. The Hall–Kier alpha value is -2.09. The van der Waals surface area contributed by atoms with E-state index in [1.807, 2.05) is 13.0 Å². The van der Waals surface area contributed by atoms with Crippen molar-refractivity contribution in [1.82, 2.24) is 0 Å². The van der Waals surface area contributed by atoms with E-state index in [1.165, 1.54) is 47.9 Å². The lowest BCUT2D eigenvalue weighted by Crippen LogP contribution is -2.17. The fourth-order valence-electron chi connectivity index (χ4n) is 4.85. The molecule has 0 aliphatic heterocycles. The number of carbonyl (C=O) groups is 1. The third-order valence-electron chi connectivity index (χ3n) is 7.43. The lowest BCUT2D eigenvalue weighted by atomic mass is 9.76. The zero-order valence-electron chi connectivity index (χ0n) is 19.5. The monoisotopic (exact) mass is 392 g/mol. The molecular weight excluding hydrogens is 356 g/mol. The van der Waals surface area contributed by atoms with E-state index in [4.69, 9.17) is 4.74 Å². The molecule has 2 heteroatoms. The highest BCUT2D eigenvalue weighted by atomic mass is 16.5. The molecule has 0 radical (unpaired) electrons. The van der Waals surface area contributed by atoms with Crippen molar-refractivity contribution in [2.75, 3.05) is 0 Å². The van der Waals surface area contributed by atoms with Gasteiger partial charge >= 0.3 is 5.97 Å². The Morgan fingerprint density at radius 3 is 2.00 bits per heavy atom. The van der Waals surface area contributed by atoms with Gasteiger partial charge in [-0.1, -0.05) is 25.8 Å². The highest BCUT2D eigenvalue weighted by molar-refractivity contribution is 5.95. The molecule has 29 heavy (non-hydrogen) atoms. The Morgan fingerprint density at radius 1 is 0.759 bits per heavy atom. The van der Waals surface area contributed by atoms with Gasteiger partial charge in [0.15, 0.2) is 0 Å². The minimum absolute atomic E-state index is 0.238. The third kappa shape index (κ3) is 4.13. The summed E-state index contributed by atoms with van der Waals surface area (Å²) in [6.07, 6.45) is 5.12. The van der Waals surface area contributed by atoms with E-state index in [2.05, 4.69) is 54.5 Å². The van der Waals surface area contributed by atoms with Crippen LogP contribution in [0.3, 0.4) is 0 Å². The molecule has 2 aromatic rings. The van der Waals surface area contributed by atoms with Crippen LogP contribution in [-0.2, 0) is 0 Å². The van der Waals surface area contributed by atoms with E-state index < -0.39 is 0 Å². The van der Waals surface area contributed by atoms with E-state index in [9.17, 15) is 4.79 Å². The largest absolute Gasteiger partial charge is 0.423 e. The standard InChI is InChI=1S/C27H36O2/c1-15-9-11-23(12-10-15)24-13-17(3)26(22(8)20(24)6)27(28)29-25-14-16(2)18(4)19(5)21(25)7/h13-15,23H,9-12H2,1-8H3. The highest BCUT2D eigenvalue weighted by Crippen LogP contribution is 2.39. The molecule has 0 spiro atoms. The van der Waals surface area contributed by atoms with Crippen LogP contribution in [-0.4, -0.2) is 5.97 Å². The minimum Gasteiger partial charge on any atom is -0.423 e. The maximum Gasteiger partial charge on any atom is 0.344 e. The van der Waals surface area contributed by atoms with Crippen LogP contribution in [0.5, 0.6) is 5.75 Å². The van der Waals surface area contributed by atoms with Crippen LogP contribution in [0, 0.1) is 54.4 Å². The fraction of sp³-hybridized carbons (Fsp3) is 0.519. The Balaban J connectivity index is 1.93. The summed E-state index contributed by atoms with van der Waals surface area (Å²) in [5.41, 5.74) is 10.2. The third-order valence-corrected chi connectivity index (χ3v) is 7.43. The van der Waals surface area contributed by atoms with E-state index in [-0.39, 0.29) is 5.97 Å². The lowest BCUT2D eigenvalue weighted by Gasteiger charge is -2.29. The first kappa shape index (κ1) is 21.6. The number of hydrogen-bond donors (Lipinski definition) is 0. The van der Waals surface area contributed by atoms with Gasteiger partial charge in [0.25, 0.3) is 0 Å². The number of rotatable bonds is 3. The lowest BCUT2D eigenvalue weighted by molar-refractivity contribution is 0.0731. The molecule has 2 aromatic carbocycles. The van der Waals surface area contributed by atoms with Gasteiger partial charge in [-0.05, 0) is 124 Å². The first-order chi connectivity index (χ1) is 13.6. The van der Waals surface area contributed by atoms with Crippen molar-refractivity contribution in [1.29, 1.82) is 0 Å². The molecule has 2 nitrogen and oxygen atoms in total. The van der Waals surface area contributed by atoms with E-state index in [1.54, 1.807) is 0 Å². The van der Waals surface area contributed by atoms with Crippen LogP contribution in [0.2, 0.25) is 0 Å². The summed E-state index contributed by atoms with van der Waals surface area (Å²) in [5, 5.41) is 0. The molecule has 0 N–H and O–H groups in total. The van der Waals surface area contributed by atoms with Crippen LogP contribution in [0.15, 0.2) is 12.1 Å². The number of benzene rings is 2. The first-order valence-electron chi connectivity index (χ1n) is 11.0. The summed E-state index contributed by atoms with van der Waals surface area (Å²) in [7, 11) is 0. The molecule has 156 valence electrons. The van der Waals surface area contributed by atoms with E-state index in [0.29, 0.717) is 11.7 Å². The summed E-state index contributed by atoms with van der Waals surface area (Å²) in [6, 6.07) is 4.24. The van der Waals surface area contributed by atoms with Gasteiger partial charge in [0.1, 0.15) is 5.75 Å². The van der Waals surface area contributed by atoms with Gasteiger partial charge in [-0.25, -0.2) is 4.79 Å². The van der Waals surface area contributed by atoms with Crippen molar-refractivity contribution in [3.8, 4) is 5.75 Å². The minimum atomic E-state index is -0.238. The number of aryl methyl sites for hydroxylation is 2. The van der Waals surface area contributed by atoms with Gasteiger partial charge in [0.2, 0.25) is 0 Å². The predicted molar refractivity (Wildman–Crippen MR) is 121 cm³/mol. The van der Waals surface area contributed by atoms with Gasteiger partial charge in [-0.3, -0.25) is 0 Å². The Kier molecular flexibility index (Phi) is 6.22. The summed E-state index contributed by atoms with van der Waals surface area (Å²) < 4.78 is 5.93. The van der Waals surface area contributed by atoms with Gasteiger partial charge < -0.3 is 4.74 Å². The molecule has 1 saturated carbocycles. The van der Waals surface area contributed by atoms with Crippen LogP contribution >= 0.6 is 0 Å². The molecule has 0 unspecified atom stereocenters. The molecule has 3 rings (SSSR count). The number of carbonyl (C=O) groups excluding carboxylic acids is 1.